The molecule has 0 spiro atoms. The number of rotatable bonds is 4. The van der Waals surface area contributed by atoms with Crippen molar-refractivity contribution in [1.82, 2.24) is 14.8 Å². The monoisotopic (exact) mass is 237 g/mol. The quantitative estimate of drug-likeness (QED) is 0.595. The van der Waals surface area contributed by atoms with Crippen molar-refractivity contribution in [1.29, 1.82) is 0 Å². The Morgan fingerprint density at radius 1 is 1.60 bits per heavy atom. The maximum absolute atomic E-state index is 12.1. The minimum absolute atomic E-state index is 0.260. The van der Waals surface area contributed by atoms with Crippen molar-refractivity contribution >= 4 is 11.8 Å². The van der Waals surface area contributed by atoms with Crippen LogP contribution < -0.4 is 0 Å². The van der Waals surface area contributed by atoms with Crippen LogP contribution in [0.3, 0.4) is 0 Å². The lowest BCUT2D eigenvalue weighted by molar-refractivity contribution is -0.142. The van der Waals surface area contributed by atoms with Crippen LogP contribution in [0.5, 0.6) is 0 Å². The Bertz CT molecular complexity index is 345. The third-order valence-corrected chi connectivity index (χ3v) is 2.59. The molecule has 84 valence electrons. The van der Waals surface area contributed by atoms with E-state index in [0.717, 1.165) is 16.5 Å². The molecule has 0 aliphatic heterocycles. The maximum Gasteiger partial charge on any atom is 0.406 e. The highest BCUT2D eigenvalue weighted by Crippen LogP contribution is 2.22. The summed E-state index contributed by atoms with van der Waals surface area (Å²) in [6.45, 7) is 4.40. The summed E-state index contributed by atoms with van der Waals surface area (Å²) in [6, 6.07) is 0. The van der Waals surface area contributed by atoms with Crippen molar-refractivity contribution in [2.24, 2.45) is 0 Å². The van der Waals surface area contributed by atoms with E-state index < -0.39 is 12.7 Å². The molecule has 0 aliphatic carbocycles. The number of hydrogen-bond donors (Lipinski definition) is 0. The first kappa shape index (κ1) is 12.1. The van der Waals surface area contributed by atoms with Crippen LogP contribution in [0.25, 0.3) is 0 Å². The van der Waals surface area contributed by atoms with E-state index in [9.17, 15) is 13.2 Å². The molecule has 0 aliphatic rings. The van der Waals surface area contributed by atoms with Crippen molar-refractivity contribution in [2.75, 3.05) is 5.75 Å². The second-order valence-corrected chi connectivity index (χ2v) is 4.04. The van der Waals surface area contributed by atoms with Crippen LogP contribution >= 0.6 is 11.8 Å². The molecule has 15 heavy (non-hydrogen) atoms. The Morgan fingerprint density at radius 2 is 2.27 bits per heavy atom. The molecule has 0 radical (unpaired) electrons. The van der Waals surface area contributed by atoms with E-state index in [1.807, 2.05) is 0 Å². The van der Waals surface area contributed by atoms with E-state index >= 15 is 0 Å². The minimum Gasteiger partial charge on any atom is -0.299 e. The lowest BCUT2D eigenvalue weighted by Gasteiger charge is -2.08. The average molecular weight is 237 g/mol. The van der Waals surface area contributed by atoms with E-state index in [0.29, 0.717) is 5.75 Å². The van der Waals surface area contributed by atoms with Gasteiger partial charge in [0.2, 0.25) is 0 Å². The fourth-order valence-electron chi connectivity index (χ4n) is 0.846. The molecule has 1 rings (SSSR count). The van der Waals surface area contributed by atoms with Crippen LogP contribution in [0.4, 0.5) is 13.2 Å². The number of thioether (sulfide) groups is 1. The first-order chi connectivity index (χ1) is 6.88. The van der Waals surface area contributed by atoms with Crippen LogP contribution in [0.2, 0.25) is 0 Å². The third kappa shape index (κ3) is 4.37. The molecule has 7 heteroatoms. The molecule has 0 N–H and O–H groups in total. The lowest BCUT2D eigenvalue weighted by Crippen LogP contribution is -2.17. The highest BCUT2D eigenvalue weighted by atomic mass is 32.2. The van der Waals surface area contributed by atoms with E-state index in [1.54, 1.807) is 6.92 Å². The van der Waals surface area contributed by atoms with Crippen molar-refractivity contribution in [2.45, 2.75) is 24.8 Å². The molecule has 0 aromatic carbocycles. The molecule has 1 aromatic rings. The summed E-state index contributed by atoms with van der Waals surface area (Å²) >= 11 is 1.19. The molecule has 3 nitrogen and oxygen atoms in total. The van der Waals surface area contributed by atoms with Crippen LogP contribution in [0.1, 0.15) is 6.92 Å². The fourth-order valence-corrected chi connectivity index (χ4v) is 1.60. The average Bonchev–Trinajstić information content (AvgIpc) is 2.45. The van der Waals surface area contributed by atoms with E-state index in [1.165, 1.54) is 11.8 Å². The first-order valence-electron chi connectivity index (χ1n) is 4.10. The topological polar surface area (TPSA) is 30.7 Å². The van der Waals surface area contributed by atoms with Gasteiger partial charge in [-0.25, -0.2) is 0 Å². The van der Waals surface area contributed by atoms with E-state index in [-0.39, 0.29) is 5.16 Å². The fraction of sp³-hybridized carbons (Fsp3) is 0.500. The number of aromatic nitrogens is 3. The van der Waals surface area contributed by atoms with Crippen LogP contribution in [-0.2, 0) is 6.54 Å². The Morgan fingerprint density at radius 3 is 2.80 bits per heavy atom. The molecular weight excluding hydrogens is 227 g/mol. The highest BCUT2D eigenvalue weighted by molar-refractivity contribution is 7.99. The number of halogens is 3. The zero-order valence-electron chi connectivity index (χ0n) is 8.08. The van der Waals surface area contributed by atoms with Crippen molar-refractivity contribution in [3.8, 4) is 0 Å². The summed E-state index contributed by atoms with van der Waals surface area (Å²) in [4.78, 5) is 0. The lowest BCUT2D eigenvalue weighted by atomic mass is 10.4. The third-order valence-electron chi connectivity index (χ3n) is 1.38. The van der Waals surface area contributed by atoms with Gasteiger partial charge in [-0.15, -0.1) is 10.2 Å². The molecular formula is C8H10F3N3S. The van der Waals surface area contributed by atoms with Gasteiger partial charge in [0.05, 0.1) is 0 Å². The Kier molecular flexibility index (Phi) is 3.78. The summed E-state index contributed by atoms with van der Waals surface area (Å²) < 4.78 is 37.3. The molecule has 0 saturated carbocycles. The van der Waals surface area contributed by atoms with Gasteiger partial charge in [0.15, 0.2) is 5.16 Å². The van der Waals surface area contributed by atoms with Gasteiger partial charge in [0.1, 0.15) is 12.9 Å². The van der Waals surface area contributed by atoms with E-state index in [4.69, 9.17) is 0 Å². The van der Waals surface area contributed by atoms with Gasteiger partial charge >= 0.3 is 6.18 Å². The van der Waals surface area contributed by atoms with Crippen molar-refractivity contribution < 1.29 is 13.2 Å². The Labute approximate surface area is 89.4 Å². The molecule has 0 saturated heterocycles. The molecule has 0 bridgehead atoms. The van der Waals surface area contributed by atoms with Gasteiger partial charge in [-0.1, -0.05) is 23.9 Å². The predicted molar refractivity (Wildman–Crippen MR) is 51.6 cm³/mol. The SMILES string of the molecule is C=C(C)CSc1nncn1CC(F)(F)F. The zero-order chi connectivity index (χ0) is 11.5. The summed E-state index contributed by atoms with van der Waals surface area (Å²) in [5.74, 6) is 0.538. The van der Waals surface area contributed by atoms with Crippen molar-refractivity contribution in [3.05, 3.63) is 18.5 Å². The van der Waals surface area contributed by atoms with Gasteiger partial charge in [0, 0.05) is 5.75 Å². The zero-order valence-corrected chi connectivity index (χ0v) is 8.90. The van der Waals surface area contributed by atoms with Crippen LogP contribution in [0, 0.1) is 0 Å². The predicted octanol–water partition coefficient (Wildman–Crippen LogP) is 2.51. The van der Waals surface area contributed by atoms with Crippen LogP contribution in [0.15, 0.2) is 23.6 Å². The van der Waals surface area contributed by atoms with Gasteiger partial charge in [-0.3, -0.25) is 4.57 Å². The molecule has 0 unspecified atom stereocenters. The first-order valence-corrected chi connectivity index (χ1v) is 5.09. The smallest absolute Gasteiger partial charge is 0.299 e. The second kappa shape index (κ2) is 4.69. The number of hydrogen-bond acceptors (Lipinski definition) is 3. The maximum atomic E-state index is 12.1. The minimum atomic E-state index is -4.25. The molecule has 1 heterocycles. The van der Waals surface area contributed by atoms with E-state index in [2.05, 4.69) is 16.8 Å². The van der Waals surface area contributed by atoms with Gasteiger partial charge < -0.3 is 0 Å². The normalized spacial score (nSPS) is 11.7. The molecule has 0 atom stereocenters. The summed E-state index contributed by atoms with van der Waals surface area (Å²) in [5, 5.41) is 7.31. The molecule has 0 fully saturated rings. The number of alkyl halides is 3. The second-order valence-electron chi connectivity index (χ2n) is 3.10. The van der Waals surface area contributed by atoms with Gasteiger partial charge in [0.25, 0.3) is 0 Å². The molecule has 1 aromatic heterocycles. The van der Waals surface area contributed by atoms with Gasteiger partial charge in [-0.2, -0.15) is 13.2 Å². The van der Waals surface area contributed by atoms with Gasteiger partial charge in [-0.05, 0) is 6.92 Å². The highest BCUT2D eigenvalue weighted by Gasteiger charge is 2.29. The molecule has 0 amide bonds. The number of nitrogens with zero attached hydrogens (tertiary/aromatic N) is 3. The summed E-state index contributed by atoms with van der Waals surface area (Å²) in [6.07, 6.45) is -3.17. The largest absolute Gasteiger partial charge is 0.406 e. The van der Waals surface area contributed by atoms with Crippen LogP contribution in [-0.4, -0.2) is 26.7 Å². The summed E-state index contributed by atoms with van der Waals surface area (Å²) in [7, 11) is 0. The Hall–Kier alpha value is -0.980. The van der Waals surface area contributed by atoms with Crippen molar-refractivity contribution in [3.63, 3.8) is 0 Å². The summed E-state index contributed by atoms with van der Waals surface area (Å²) in [5.41, 5.74) is 0.876. The Balaban J connectivity index is 2.65. The standard InChI is InChI=1S/C8H10F3N3S/c1-6(2)3-15-7-13-12-5-14(7)4-8(9,10)11/h5H,1,3-4H2,2H3.